The number of hydrogen-bond donors (Lipinski definition) is 1. The SMILES string of the molecule is COc1ccc(C=CC(=O)O)cc1COc1c(F)c(F)c(F)c(F)c1F. The van der Waals surface area contributed by atoms with Crippen molar-refractivity contribution in [1.82, 2.24) is 0 Å². The molecule has 0 atom stereocenters. The fourth-order valence-corrected chi connectivity index (χ4v) is 2.04. The number of hydrogen-bond acceptors (Lipinski definition) is 3. The van der Waals surface area contributed by atoms with Crippen molar-refractivity contribution in [2.24, 2.45) is 0 Å². The van der Waals surface area contributed by atoms with Crippen LogP contribution in [-0.2, 0) is 11.4 Å². The molecule has 9 heteroatoms. The molecule has 0 aliphatic rings. The first kappa shape index (κ1) is 19.2. The molecule has 2 rings (SSSR count). The minimum absolute atomic E-state index is 0.198. The van der Waals surface area contributed by atoms with E-state index in [2.05, 4.69) is 0 Å². The zero-order valence-corrected chi connectivity index (χ0v) is 13.2. The van der Waals surface area contributed by atoms with E-state index in [4.69, 9.17) is 14.6 Å². The molecule has 0 spiro atoms. The van der Waals surface area contributed by atoms with Crippen molar-refractivity contribution >= 4 is 12.0 Å². The molecule has 0 amide bonds. The first-order chi connectivity index (χ1) is 12.3. The van der Waals surface area contributed by atoms with E-state index in [9.17, 15) is 26.7 Å². The lowest BCUT2D eigenvalue weighted by atomic mass is 10.1. The van der Waals surface area contributed by atoms with E-state index in [-0.39, 0.29) is 11.3 Å². The van der Waals surface area contributed by atoms with E-state index in [0.717, 1.165) is 6.08 Å². The fourth-order valence-electron chi connectivity index (χ4n) is 2.04. The van der Waals surface area contributed by atoms with Crippen molar-refractivity contribution in [3.05, 3.63) is 64.5 Å². The second-order valence-corrected chi connectivity index (χ2v) is 4.93. The summed E-state index contributed by atoms with van der Waals surface area (Å²) in [6, 6.07) is 4.31. The molecule has 0 aromatic heterocycles. The Kier molecular flexibility index (Phi) is 5.81. The van der Waals surface area contributed by atoms with Crippen molar-refractivity contribution in [2.75, 3.05) is 7.11 Å². The molecule has 4 nitrogen and oxygen atoms in total. The Balaban J connectivity index is 2.35. The van der Waals surface area contributed by atoms with Gasteiger partial charge in [-0.2, -0.15) is 8.78 Å². The van der Waals surface area contributed by atoms with Crippen molar-refractivity contribution in [2.45, 2.75) is 6.61 Å². The van der Waals surface area contributed by atoms with Crippen LogP contribution in [0.15, 0.2) is 24.3 Å². The minimum atomic E-state index is -2.29. The molecular weight excluding hydrogens is 363 g/mol. The molecule has 138 valence electrons. The topological polar surface area (TPSA) is 55.8 Å². The third-order valence-corrected chi connectivity index (χ3v) is 3.26. The number of carboxylic acids is 1. The van der Waals surface area contributed by atoms with E-state index in [0.29, 0.717) is 5.56 Å². The molecule has 26 heavy (non-hydrogen) atoms. The van der Waals surface area contributed by atoms with Crippen molar-refractivity contribution in [3.8, 4) is 11.5 Å². The molecule has 0 bridgehead atoms. The fraction of sp³-hybridized carbons (Fsp3) is 0.118. The quantitative estimate of drug-likeness (QED) is 0.359. The monoisotopic (exact) mass is 374 g/mol. The van der Waals surface area contributed by atoms with Gasteiger partial charge in [0.2, 0.25) is 29.1 Å². The van der Waals surface area contributed by atoms with Crippen LogP contribution in [0.4, 0.5) is 22.0 Å². The van der Waals surface area contributed by atoms with Crippen LogP contribution in [0.1, 0.15) is 11.1 Å². The first-order valence-electron chi connectivity index (χ1n) is 6.98. The normalized spacial score (nSPS) is 11.0. The van der Waals surface area contributed by atoms with Gasteiger partial charge in [-0.25, -0.2) is 18.0 Å². The maximum absolute atomic E-state index is 13.6. The van der Waals surface area contributed by atoms with Crippen LogP contribution in [0.25, 0.3) is 6.08 Å². The molecule has 0 unspecified atom stereocenters. The Hall–Kier alpha value is -3.10. The summed E-state index contributed by atoms with van der Waals surface area (Å²) in [6.07, 6.45) is 2.10. The summed E-state index contributed by atoms with van der Waals surface area (Å²) in [5, 5.41) is 8.61. The van der Waals surface area contributed by atoms with Gasteiger partial charge in [-0.3, -0.25) is 0 Å². The van der Waals surface area contributed by atoms with Crippen LogP contribution in [0.3, 0.4) is 0 Å². The van der Waals surface area contributed by atoms with Gasteiger partial charge in [0, 0.05) is 11.6 Å². The smallest absolute Gasteiger partial charge is 0.328 e. The summed E-state index contributed by atoms with van der Waals surface area (Å²) in [5.41, 5.74) is 0.591. The van der Waals surface area contributed by atoms with E-state index < -0.39 is 47.4 Å². The van der Waals surface area contributed by atoms with Gasteiger partial charge in [-0.1, -0.05) is 6.07 Å². The number of benzene rings is 2. The van der Waals surface area contributed by atoms with Crippen LogP contribution in [0.2, 0.25) is 0 Å². The second-order valence-electron chi connectivity index (χ2n) is 4.93. The number of carbonyl (C=O) groups is 1. The number of ether oxygens (including phenoxy) is 2. The van der Waals surface area contributed by atoms with Gasteiger partial charge in [-0.15, -0.1) is 0 Å². The van der Waals surface area contributed by atoms with Crippen LogP contribution < -0.4 is 9.47 Å². The molecule has 0 saturated carbocycles. The maximum atomic E-state index is 13.6. The Morgan fingerprint density at radius 2 is 1.62 bits per heavy atom. The van der Waals surface area contributed by atoms with Crippen molar-refractivity contribution in [1.29, 1.82) is 0 Å². The molecule has 0 aliphatic carbocycles. The highest BCUT2D eigenvalue weighted by molar-refractivity contribution is 5.85. The zero-order valence-electron chi connectivity index (χ0n) is 13.2. The van der Waals surface area contributed by atoms with Crippen LogP contribution in [0.5, 0.6) is 11.5 Å². The maximum Gasteiger partial charge on any atom is 0.328 e. The highest BCUT2D eigenvalue weighted by Gasteiger charge is 2.27. The Morgan fingerprint density at radius 1 is 1.04 bits per heavy atom. The molecule has 0 radical (unpaired) electrons. The standard InChI is InChI=1S/C17H11F5O4/c1-25-10-4-2-8(3-5-11(23)24)6-9(10)7-26-17-15(21)13(19)12(18)14(20)16(17)22/h2-6H,7H2,1H3,(H,23,24). The van der Waals surface area contributed by atoms with Crippen LogP contribution >= 0.6 is 0 Å². The average Bonchev–Trinajstić information content (AvgIpc) is 2.63. The minimum Gasteiger partial charge on any atom is -0.496 e. The van der Waals surface area contributed by atoms with Crippen LogP contribution in [0, 0.1) is 29.1 Å². The molecule has 0 heterocycles. The van der Waals surface area contributed by atoms with Gasteiger partial charge in [0.25, 0.3) is 0 Å². The van der Waals surface area contributed by atoms with Crippen LogP contribution in [-0.4, -0.2) is 18.2 Å². The molecule has 0 fully saturated rings. The lowest BCUT2D eigenvalue weighted by Crippen LogP contribution is -2.07. The van der Waals surface area contributed by atoms with Gasteiger partial charge in [0.05, 0.1) is 7.11 Å². The summed E-state index contributed by atoms with van der Waals surface area (Å²) in [4.78, 5) is 10.5. The van der Waals surface area contributed by atoms with Gasteiger partial charge in [0.1, 0.15) is 12.4 Å². The number of halogens is 5. The van der Waals surface area contributed by atoms with Gasteiger partial charge < -0.3 is 14.6 Å². The number of carboxylic acid groups (broad SMARTS) is 1. The molecule has 1 N–H and O–H groups in total. The largest absolute Gasteiger partial charge is 0.496 e. The third-order valence-electron chi connectivity index (χ3n) is 3.26. The van der Waals surface area contributed by atoms with E-state index in [1.165, 1.54) is 31.4 Å². The van der Waals surface area contributed by atoms with Gasteiger partial charge in [0.15, 0.2) is 5.75 Å². The summed E-state index contributed by atoms with van der Waals surface area (Å²) in [7, 11) is 1.30. The Labute approximate surface area is 144 Å². The van der Waals surface area contributed by atoms with E-state index >= 15 is 0 Å². The summed E-state index contributed by atoms with van der Waals surface area (Å²) < 4.78 is 76.4. The predicted molar refractivity (Wildman–Crippen MR) is 80.2 cm³/mol. The summed E-state index contributed by atoms with van der Waals surface area (Å²) in [5.74, 6) is -13.1. The Morgan fingerprint density at radius 3 is 2.15 bits per heavy atom. The Bertz CT molecular complexity index is 851. The molecular formula is C17H11F5O4. The summed E-state index contributed by atoms with van der Waals surface area (Å²) in [6.45, 7) is -0.587. The van der Waals surface area contributed by atoms with Crippen molar-refractivity contribution in [3.63, 3.8) is 0 Å². The van der Waals surface area contributed by atoms with Crippen molar-refractivity contribution < 1.29 is 41.3 Å². The third kappa shape index (κ3) is 3.93. The lowest BCUT2D eigenvalue weighted by Gasteiger charge is -2.13. The number of methoxy groups -OCH3 is 1. The molecule has 2 aromatic rings. The highest BCUT2D eigenvalue weighted by atomic mass is 19.2. The van der Waals surface area contributed by atoms with E-state index in [1.807, 2.05) is 0 Å². The molecule has 0 aliphatic heterocycles. The lowest BCUT2D eigenvalue weighted by molar-refractivity contribution is -0.131. The second kappa shape index (κ2) is 7.85. The van der Waals surface area contributed by atoms with E-state index in [1.54, 1.807) is 0 Å². The zero-order chi connectivity index (χ0) is 19.4. The summed E-state index contributed by atoms with van der Waals surface area (Å²) >= 11 is 0. The molecule has 0 saturated heterocycles. The predicted octanol–water partition coefficient (Wildman–Crippen LogP) is 4.07. The number of rotatable bonds is 6. The first-order valence-corrected chi connectivity index (χ1v) is 6.98. The highest BCUT2D eigenvalue weighted by Crippen LogP contribution is 2.31. The van der Waals surface area contributed by atoms with Gasteiger partial charge in [-0.05, 0) is 23.8 Å². The molecule has 2 aromatic carbocycles. The van der Waals surface area contributed by atoms with Gasteiger partial charge >= 0.3 is 5.97 Å². The average molecular weight is 374 g/mol. The number of aliphatic carboxylic acids is 1.